The first-order valence-electron chi connectivity index (χ1n) is 10.4. The quantitative estimate of drug-likeness (QED) is 0.603. The molecule has 1 aliphatic heterocycles. The van der Waals surface area contributed by atoms with Gasteiger partial charge in [0.2, 0.25) is 16.0 Å². The average Bonchev–Trinajstić information content (AvgIpc) is 3.06. The van der Waals surface area contributed by atoms with Gasteiger partial charge >= 0.3 is 0 Å². The molecule has 0 amide bonds. The number of nitrogens with zero attached hydrogens (tertiary/aromatic N) is 5. The van der Waals surface area contributed by atoms with Crippen molar-refractivity contribution in [1.29, 1.82) is 0 Å². The van der Waals surface area contributed by atoms with Crippen molar-refractivity contribution in [3.05, 3.63) is 18.6 Å². The van der Waals surface area contributed by atoms with Gasteiger partial charge in [-0.1, -0.05) is 0 Å². The second kappa shape index (κ2) is 7.61. The minimum atomic E-state index is -3.09. The highest BCUT2D eigenvalue weighted by Crippen LogP contribution is 2.41. The molecule has 3 aliphatic rings. The molecule has 30 heavy (non-hydrogen) atoms. The van der Waals surface area contributed by atoms with Crippen LogP contribution in [-0.4, -0.2) is 67.6 Å². The first-order valence-corrected chi connectivity index (χ1v) is 12.6. The van der Waals surface area contributed by atoms with Crippen molar-refractivity contribution >= 4 is 42.9 Å². The standard InChI is InChI=1S/C19H26N7O2SSi/c1-25-10-16(6-21-25)23-19-20-7-17(30)18(24-19)22-15-4-13-8-26(9-14(13)5-15)29(27,28)11-12-2-3-12/h6-7,10,12-15H,2-5,8-9,11H2,1H3,(H2,20,22,23,24). The predicted molar refractivity (Wildman–Crippen MR) is 116 cm³/mol. The Morgan fingerprint density at radius 2 is 1.93 bits per heavy atom. The SMILES string of the molecule is Cn1cc(Nc2ncc([Si])c(NC3CC4CN(S(=O)(=O)CC5CC5)CC4C3)n2)cn1. The average molecular weight is 445 g/mol. The lowest BCUT2D eigenvalue weighted by atomic mass is 10.0. The van der Waals surface area contributed by atoms with Crippen LogP contribution in [0.4, 0.5) is 17.5 Å². The van der Waals surface area contributed by atoms with Crippen molar-refractivity contribution in [3.63, 3.8) is 0 Å². The summed E-state index contributed by atoms with van der Waals surface area (Å²) in [5.74, 6) is 2.83. The maximum atomic E-state index is 12.6. The van der Waals surface area contributed by atoms with Crippen LogP contribution in [0.25, 0.3) is 0 Å². The molecule has 9 nitrogen and oxygen atoms in total. The number of hydrogen-bond acceptors (Lipinski definition) is 7. The molecule has 2 aliphatic carbocycles. The molecule has 159 valence electrons. The minimum Gasteiger partial charge on any atom is -0.367 e. The summed E-state index contributed by atoms with van der Waals surface area (Å²) in [6.45, 7) is 1.33. The Labute approximate surface area is 180 Å². The van der Waals surface area contributed by atoms with E-state index in [-0.39, 0.29) is 6.04 Å². The molecular weight excluding hydrogens is 418 g/mol. The van der Waals surface area contributed by atoms with Gasteiger partial charge in [-0.05, 0) is 48.6 Å². The summed E-state index contributed by atoms with van der Waals surface area (Å²) < 4.78 is 28.6. The number of rotatable bonds is 7. The van der Waals surface area contributed by atoms with Crippen LogP contribution in [0.5, 0.6) is 0 Å². The Bertz CT molecular complexity index is 1030. The van der Waals surface area contributed by atoms with E-state index >= 15 is 0 Å². The van der Waals surface area contributed by atoms with E-state index in [0.717, 1.165) is 42.4 Å². The summed E-state index contributed by atoms with van der Waals surface area (Å²) in [4.78, 5) is 8.92. The highest BCUT2D eigenvalue weighted by atomic mass is 32.2. The lowest BCUT2D eigenvalue weighted by Crippen LogP contribution is -2.33. The maximum Gasteiger partial charge on any atom is 0.229 e. The van der Waals surface area contributed by atoms with Crippen molar-refractivity contribution < 1.29 is 8.42 Å². The predicted octanol–water partition coefficient (Wildman–Crippen LogP) is 0.610. The van der Waals surface area contributed by atoms with Gasteiger partial charge < -0.3 is 10.6 Å². The zero-order valence-electron chi connectivity index (χ0n) is 17.0. The zero-order chi connectivity index (χ0) is 20.9. The van der Waals surface area contributed by atoms with Crippen LogP contribution in [0.3, 0.4) is 0 Å². The number of nitrogens with one attached hydrogen (secondary N) is 2. The number of hydrogen-bond donors (Lipinski definition) is 2. The fraction of sp³-hybridized carbons (Fsp3) is 0.632. The first-order chi connectivity index (χ1) is 14.4. The lowest BCUT2D eigenvalue weighted by Gasteiger charge is -2.20. The minimum absolute atomic E-state index is 0.282. The summed E-state index contributed by atoms with van der Waals surface area (Å²) in [6.07, 6.45) is 9.36. The highest BCUT2D eigenvalue weighted by molar-refractivity contribution is 7.89. The maximum absolute atomic E-state index is 12.6. The van der Waals surface area contributed by atoms with E-state index in [4.69, 9.17) is 0 Å². The largest absolute Gasteiger partial charge is 0.367 e. The van der Waals surface area contributed by atoms with E-state index in [1.165, 1.54) is 0 Å². The molecule has 0 spiro atoms. The normalized spacial score (nSPS) is 26.7. The lowest BCUT2D eigenvalue weighted by molar-refractivity contribution is 0.438. The molecule has 1 saturated heterocycles. The topological polar surface area (TPSA) is 105 Å². The summed E-state index contributed by atoms with van der Waals surface area (Å²) in [5.41, 5.74) is 0.827. The van der Waals surface area contributed by atoms with Gasteiger partial charge in [-0.15, -0.1) is 0 Å². The van der Waals surface area contributed by atoms with Crippen LogP contribution >= 0.6 is 0 Å². The summed E-state index contributed by atoms with van der Waals surface area (Å²) in [7, 11) is 2.36. The van der Waals surface area contributed by atoms with E-state index in [9.17, 15) is 8.42 Å². The molecule has 0 bridgehead atoms. The van der Waals surface area contributed by atoms with E-state index < -0.39 is 10.0 Å². The second-order valence-corrected chi connectivity index (χ2v) is 11.4. The van der Waals surface area contributed by atoms with Crippen LogP contribution in [0.1, 0.15) is 25.7 Å². The van der Waals surface area contributed by atoms with Crippen molar-refractivity contribution in [1.82, 2.24) is 24.1 Å². The molecule has 11 heteroatoms. The van der Waals surface area contributed by atoms with Gasteiger partial charge in [0.05, 0.1) is 27.9 Å². The highest BCUT2D eigenvalue weighted by Gasteiger charge is 2.45. The number of fused-ring (bicyclic) bond motifs is 1. The number of aryl methyl sites for hydroxylation is 1. The van der Waals surface area contributed by atoms with Crippen LogP contribution in [0.2, 0.25) is 0 Å². The number of anilines is 3. The Morgan fingerprint density at radius 1 is 1.20 bits per heavy atom. The van der Waals surface area contributed by atoms with Gasteiger partial charge in [-0.25, -0.2) is 17.7 Å². The first kappa shape index (κ1) is 19.9. The second-order valence-electron chi connectivity index (χ2n) is 8.86. The molecule has 2 saturated carbocycles. The van der Waals surface area contributed by atoms with E-state index in [2.05, 4.69) is 35.9 Å². The molecule has 2 atom stereocenters. The van der Waals surface area contributed by atoms with E-state index in [0.29, 0.717) is 42.5 Å². The molecule has 2 unspecified atom stereocenters. The third kappa shape index (κ3) is 4.23. The van der Waals surface area contributed by atoms with Gasteiger partial charge in [-0.2, -0.15) is 10.1 Å². The molecule has 3 radical (unpaired) electrons. The third-order valence-corrected chi connectivity index (χ3v) is 8.69. The van der Waals surface area contributed by atoms with Gasteiger partial charge in [0.25, 0.3) is 0 Å². The monoisotopic (exact) mass is 444 g/mol. The molecular formula is C19H26N7O2SSi. The molecule has 5 rings (SSSR count). The molecule has 2 N–H and O–H groups in total. The molecule has 0 aromatic carbocycles. The summed E-state index contributed by atoms with van der Waals surface area (Å²) in [5, 5.41) is 11.6. The Balaban J connectivity index is 1.20. The van der Waals surface area contributed by atoms with Crippen LogP contribution in [0, 0.1) is 17.8 Å². The van der Waals surface area contributed by atoms with Crippen LogP contribution in [0.15, 0.2) is 18.6 Å². The summed E-state index contributed by atoms with van der Waals surface area (Å²) in [6, 6.07) is 0.282. The Kier molecular flexibility index (Phi) is 5.06. The molecule has 2 aromatic heterocycles. The van der Waals surface area contributed by atoms with Gasteiger partial charge in [0.1, 0.15) is 5.82 Å². The van der Waals surface area contributed by atoms with Gasteiger partial charge in [-0.3, -0.25) is 4.68 Å². The Morgan fingerprint density at radius 3 is 2.57 bits per heavy atom. The summed E-state index contributed by atoms with van der Waals surface area (Å²) >= 11 is 0. The van der Waals surface area contributed by atoms with Crippen molar-refractivity contribution in [2.75, 3.05) is 29.5 Å². The number of aromatic nitrogens is 4. The third-order valence-electron chi connectivity index (χ3n) is 6.34. The van der Waals surface area contributed by atoms with Crippen molar-refractivity contribution in [3.8, 4) is 0 Å². The van der Waals surface area contributed by atoms with Crippen molar-refractivity contribution in [2.24, 2.45) is 24.8 Å². The smallest absolute Gasteiger partial charge is 0.229 e. The zero-order valence-corrected chi connectivity index (χ0v) is 18.8. The van der Waals surface area contributed by atoms with E-state index in [1.807, 2.05) is 13.2 Å². The molecule has 3 heterocycles. The van der Waals surface area contributed by atoms with Gasteiger partial charge in [0, 0.05) is 38.6 Å². The fourth-order valence-corrected chi connectivity index (χ4v) is 6.82. The van der Waals surface area contributed by atoms with Crippen molar-refractivity contribution in [2.45, 2.75) is 31.7 Å². The van der Waals surface area contributed by atoms with Gasteiger partial charge in [0.15, 0.2) is 0 Å². The fourth-order valence-electron chi connectivity index (χ4n) is 4.65. The number of sulfonamides is 1. The van der Waals surface area contributed by atoms with Crippen LogP contribution in [-0.2, 0) is 17.1 Å². The Hall–Kier alpha value is -1.98. The molecule has 2 aromatic rings. The molecule has 3 fully saturated rings. The van der Waals surface area contributed by atoms with E-state index in [1.54, 1.807) is 21.4 Å². The van der Waals surface area contributed by atoms with Crippen LogP contribution < -0.4 is 15.8 Å².